The largest absolute Gasteiger partial charge is 0.507 e. The zero-order valence-electron chi connectivity index (χ0n) is 30.8. The summed E-state index contributed by atoms with van der Waals surface area (Å²) in [5.74, 6) is 0.437. The van der Waals surface area contributed by atoms with Gasteiger partial charge in [0.05, 0.1) is 40.6 Å². The number of carbonyl (C=O) groups is 2. The Balaban J connectivity index is 0.000000260. The number of hydrogen-bond acceptors (Lipinski definition) is 13. The fourth-order valence-corrected chi connectivity index (χ4v) is 7.34. The quantitative estimate of drug-likeness (QED) is 0.159. The van der Waals surface area contributed by atoms with Crippen molar-refractivity contribution in [3.8, 4) is 34.8 Å². The maximum atomic E-state index is 12.3. The number of hydrogen-bond donors (Lipinski definition) is 4. The van der Waals surface area contributed by atoms with E-state index in [1.807, 2.05) is 29.2 Å². The van der Waals surface area contributed by atoms with Gasteiger partial charge in [0.2, 0.25) is 5.91 Å². The molecule has 1 aliphatic carbocycles. The van der Waals surface area contributed by atoms with Crippen molar-refractivity contribution in [3.63, 3.8) is 0 Å². The minimum absolute atomic E-state index is 0.0980. The van der Waals surface area contributed by atoms with E-state index in [0.29, 0.717) is 53.8 Å². The van der Waals surface area contributed by atoms with Crippen LogP contribution in [0.4, 0.5) is 11.5 Å². The molecule has 15 nitrogen and oxygen atoms in total. The lowest BCUT2D eigenvalue weighted by Gasteiger charge is -2.56. The van der Waals surface area contributed by atoms with Gasteiger partial charge in [-0.25, -0.2) is 9.97 Å². The maximum Gasteiger partial charge on any atom is 0.316 e. The van der Waals surface area contributed by atoms with Crippen molar-refractivity contribution >= 4 is 34.9 Å². The number of anilines is 2. The van der Waals surface area contributed by atoms with Crippen molar-refractivity contribution in [2.24, 2.45) is 16.6 Å². The lowest BCUT2D eigenvalue weighted by molar-refractivity contribution is -0.133. The van der Waals surface area contributed by atoms with E-state index < -0.39 is 5.91 Å². The normalized spacial score (nSPS) is 16.2. The Morgan fingerprint density at radius 1 is 1.04 bits per heavy atom. The number of primary amides is 1. The molecular formula is C38H45ClN10O5. The Kier molecular flexibility index (Phi) is 12.4. The zero-order chi connectivity index (χ0) is 39.0. The van der Waals surface area contributed by atoms with Crippen LogP contribution in [0, 0.1) is 22.2 Å². The average Bonchev–Trinajstić information content (AvgIpc) is 3.13. The molecule has 2 fully saturated rings. The molecule has 2 amide bonds. The molecule has 2 aromatic carbocycles. The third-order valence-corrected chi connectivity index (χ3v) is 9.59. The van der Waals surface area contributed by atoms with Crippen molar-refractivity contribution in [1.29, 1.82) is 5.26 Å². The molecule has 0 spiro atoms. The van der Waals surface area contributed by atoms with Crippen LogP contribution in [-0.4, -0.2) is 94.0 Å². The van der Waals surface area contributed by atoms with Gasteiger partial charge in [-0.3, -0.25) is 14.5 Å². The van der Waals surface area contributed by atoms with Crippen molar-refractivity contribution in [1.82, 2.24) is 30.4 Å². The van der Waals surface area contributed by atoms with Gasteiger partial charge in [-0.1, -0.05) is 51.4 Å². The molecule has 4 aromatic rings. The van der Waals surface area contributed by atoms with E-state index in [4.69, 9.17) is 37.8 Å². The summed E-state index contributed by atoms with van der Waals surface area (Å²) in [6.45, 7) is 12.2. The van der Waals surface area contributed by atoms with Gasteiger partial charge in [0.15, 0.2) is 5.82 Å². The monoisotopic (exact) mass is 756 g/mol. The lowest BCUT2D eigenvalue weighted by atomic mass is 9.53. The summed E-state index contributed by atoms with van der Waals surface area (Å²) in [4.78, 5) is 35.3. The molecule has 3 heterocycles. The predicted molar refractivity (Wildman–Crippen MR) is 204 cm³/mol. The second-order valence-corrected chi connectivity index (χ2v) is 14.9. The van der Waals surface area contributed by atoms with E-state index in [9.17, 15) is 14.7 Å². The summed E-state index contributed by atoms with van der Waals surface area (Å²) in [6.07, 6.45) is 3.89. The fraction of sp³-hybridized carbons (Fsp3) is 0.395. The van der Waals surface area contributed by atoms with E-state index >= 15 is 0 Å². The minimum Gasteiger partial charge on any atom is -0.507 e. The zero-order valence-corrected chi connectivity index (χ0v) is 31.5. The first-order valence-corrected chi connectivity index (χ1v) is 17.8. The standard InChI is InChI=1S/C23H27N9O4.C15H18ClNO/c24-21-18(11-17(29-30-21)16-3-1-2-4-19(16)33)32-8-6-31(7-9-32)14-20(34)26-5-10-36-23-27-12-15(13-28-23)22(25)35;1-14(2)9-15(3,4)13(14)18-11-6-5-10(8-17)12(16)7-11/h1-4,11-13,33H,5-10,14H2,(H2,24,30)(H2,25,35)(H,26,34);5-7,13H,9H2,1-4H3. The molecule has 2 aliphatic rings. The van der Waals surface area contributed by atoms with E-state index in [1.165, 1.54) is 12.4 Å². The van der Waals surface area contributed by atoms with Crippen LogP contribution in [0.3, 0.4) is 0 Å². The molecule has 1 aliphatic heterocycles. The molecule has 284 valence electrons. The first-order valence-electron chi connectivity index (χ1n) is 17.4. The van der Waals surface area contributed by atoms with Gasteiger partial charge in [-0.2, -0.15) is 5.26 Å². The van der Waals surface area contributed by atoms with Crippen LogP contribution in [0.15, 0.2) is 60.9 Å². The summed E-state index contributed by atoms with van der Waals surface area (Å²) < 4.78 is 11.4. The average molecular weight is 757 g/mol. The van der Waals surface area contributed by atoms with Gasteiger partial charge >= 0.3 is 6.01 Å². The number of rotatable bonds is 11. The van der Waals surface area contributed by atoms with E-state index in [-0.39, 0.29) is 59.9 Å². The first-order chi connectivity index (χ1) is 25.7. The summed E-state index contributed by atoms with van der Waals surface area (Å²) >= 11 is 6.01. The van der Waals surface area contributed by atoms with Gasteiger partial charge in [-0.05, 0) is 36.8 Å². The number of nitrogen functional groups attached to an aromatic ring is 1. The van der Waals surface area contributed by atoms with E-state index in [1.54, 1.807) is 30.3 Å². The van der Waals surface area contributed by atoms with Gasteiger partial charge < -0.3 is 36.3 Å². The highest BCUT2D eigenvalue weighted by Gasteiger charge is 2.54. The van der Waals surface area contributed by atoms with Crippen molar-refractivity contribution < 1.29 is 24.2 Å². The topological polar surface area (TPSA) is 219 Å². The Hall–Kier alpha value is -5.72. The molecule has 2 aromatic heterocycles. The summed E-state index contributed by atoms with van der Waals surface area (Å²) in [5, 5.41) is 30.4. The molecule has 0 radical (unpaired) electrons. The van der Waals surface area contributed by atoms with Crippen LogP contribution in [0.5, 0.6) is 17.5 Å². The van der Waals surface area contributed by atoms with Crippen LogP contribution < -0.4 is 31.2 Å². The first kappa shape index (κ1) is 39.5. The van der Waals surface area contributed by atoms with E-state index in [2.05, 4.69) is 58.1 Å². The van der Waals surface area contributed by atoms with E-state index in [0.717, 1.165) is 17.9 Å². The third kappa shape index (κ3) is 9.82. The number of para-hydroxylation sites is 1. The summed E-state index contributed by atoms with van der Waals surface area (Å²) in [5.41, 5.74) is 14.1. The SMILES string of the molecule is CC1(C)CC(C)(C)C1Oc1ccc(C#N)c(Cl)c1.NC(=O)c1cnc(OCCNC(=O)CN2CCN(c3cc(-c4ccccc4O)nnc3N)CC2)nc1. The van der Waals surface area contributed by atoms with Crippen molar-refractivity contribution in [3.05, 3.63) is 77.1 Å². The maximum absolute atomic E-state index is 12.3. The van der Waals surface area contributed by atoms with Gasteiger partial charge in [0.25, 0.3) is 5.91 Å². The molecule has 16 heteroatoms. The number of ether oxygens (including phenoxy) is 2. The molecule has 1 saturated heterocycles. The minimum atomic E-state index is -0.618. The number of benzene rings is 2. The summed E-state index contributed by atoms with van der Waals surface area (Å²) in [7, 11) is 0. The third-order valence-electron chi connectivity index (χ3n) is 9.28. The number of aromatic hydroxyl groups is 1. The molecule has 54 heavy (non-hydrogen) atoms. The van der Waals surface area contributed by atoms with Crippen molar-refractivity contribution in [2.75, 3.05) is 56.5 Å². The number of carbonyl (C=O) groups excluding carboxylic acids is 2. The lowest BCUT2D eigenvalue weighted by Crippen LogP contribution is -2.58. The number of nitrogens with two attached hydrogens (primary N) is 2. The molecule has 0 atom stereocenters. The molecule has 6 rings (SSSR count). The number of nitrogens with one attached hydrogen (secondary N) is 1. The fourth-order valence-electron chi connectivity index (χ4n) is 7.12. The van der Waals surface area contributed by atoms with Crippen LogP contribution in [0.2, 0.25) is 5.02 Å². The van der Waals surface area contributed by atoms with Crippen LogP contribution >= 0.6 is 11.6 Å². The van der Waals surface area contributed by atoms with Gasteiger partial charge in [0.1, 0.15) is 30.3 Å². The molecular weight excluding hydrogens is 712 g/mol. The second kappa shape index (κ2) is 17.0. The smallest absolute Gasteiger partial charge is 0.316 e. The molecule has 6 N–H and O–H groups in total. The molecule has 0 unspecified atom stereocenters. The number of nitriles is 1. The number of piperazine rings is 1. The Morgan fingerprint density at radius 2 is 1.72 bits per heavy atom. The second-order valence-electron chi connectivity index (χ2n) is 14.5. The Labute approximate surface area is 319 Å². The number of phenols is 1. The van der Waals surface area contributed by atoms with Crippen molar-refractivity contribution in [2.45, 2.75) is 40.2 Å². The highest BCUT2D eigenvalue weighted by Crippen LogP contribution is 2.55. The number of nitrogens with zero attached hydrogens (tertiary/aromatic N) is 7. The van der Waals surface area contributed by atoms with Crippen LogP contribution in [0.25, 0.3) is 11.3 Å². The number of amides is 2. The van der Waals surface area contributed by atoms with Gasteiger partial charge in [0, 0.05) is 61.0 Å². The van der Waals surface area contributed by atoms with Gasteiger partial charge in [-0.15, -0.1) is 10.2 Å². The Morgan fingerprint density at radius 3 is 2.33 bits per heavy atom. The predicted octanol–water partition coefficient (Wildman–Crippen LogP) is 4.05. The molecule has 0 bridgehead atoms. The Bertz CT molecular complexity index is 1980. The van der Waals surface area contributed by atoms with Crippen LogP contribution in [0.1, 0.15) is 50.0 Å². The summed E-state index contributed by atoms with van der Waals surface area (Å²) in [6, 6.07) is 16.1. The van der Waals surface area contributed by atoms with Crippen LogP contribution in [-0.2, 0) is 4.79 Å². The highest BCUT2D eigenvalue weighted by atomic mass is 35.5. The number of halogens is 1. The highest BCUT2D eigenvalue weighted by molar-refractivity contribution is 6.31. The molecule has 1 saturated carbocycles. The number of phenolic OH excluding ortho intramolecular Hbond substituents is 1. The number of aromatic nitrogens is 4.